The van der Waals surface area contributed by atoms with Crippen LogP contribution >= 0.6 is 0 Å². The van der Waals surface area contributed by atoms with E-state index in [0.717, 1.165) is 18.8 Å². The first kappa shape index (κ1) is 12.8. The Labute approximate surface area is 109 Å². The average Bonchev–Trinajstić information content (AvgIpc) is 2.69. The highest BCUT2D eigenvalue weighted by atomic mass is 15.1. The molecule has 0 fully saturated rings. The lowest BCUT2D eigenvalue weighted by molar-refractivity contribution is 0.723. The minimum Gasteiger partial charge on any atom is -0.313 e. The van der Waals surface area contributed by atoms with E-state index >= 15 is 0 Å². The Morgan fingerprint density at radius 1 is 1.22 bits per heavy atom. The number of benzene rings is 1. The maximum absolute atomic E-state index is 4.34. The second kappa shape index (κ2) is 5.36. The fraction of sp³-hybridized carbons (Fsp3) is 0.400. The Morgan fingerprint density at radius 2 is 2.00 bits per heavy atom. The van der Waals surface area contributed by atoms with E-state index in [4.69, 9.17) is 0 Å². The molecule has 0 spiro atoms. The number of imidazole rings is 1. The van der Waals surface area contributed by atoms with E-state index in [9.17, 15) is 0 Å². The van der Waals surface area contributed by atoms with Gasteiger partial charge in [0.1, 0.15) is 0 Å². The van der Waals surface area contributed by atoms with Crippen LogP contribution in [0.1, 0.15) is 29.4 Å². The largest absolute Gasteiger partial charge is 0.313 e. The van der Waals surface area contributed by atoms with E-state index in [-0.39, 0.29) is 0 Å². The van der Waals surface area contributed by atoms with Crippen LogP contribution in [0.3, 0.4) is 0 Å². The molecule has 3 nitrogen and oxygen atoms in total. The van der Waals surface area contributed by atoms with Crippen LogP contribution in [-0.2, 0) is 6.54 Å². The van der Waals surface area contributed by atoms with Gasteiger partial charge in [-0.15, -0.1) is 0 Å². The SMILES string of the molecule is CCNCc1ccc(-n2cnc(C)c2C)cc1C. The summed E-state index contributed by atoms with van der Waals surface area (Å²) < 4.78 is 2.14. The first-order valence-corrected chi connectivity index (χ1v) is 6.44. The smallest absolute Gasteiger partial charge is 0.0997 e. The zero-order valence-corrected chi connectivity index (χ0v) is 11.6. The molecular weight excluding hydrogens is 222 g/mol. The number of aromatic nitrogens is 2. The molecule has 2 rings (SSSR count). The van der Waals surface area contributed by atoms with Gasteiger partial charge in [0.25, 0.3) is 0 Å². The van der Waals surface area contributed by atoms with Crippen LogP contribution in [0.4, 0.5) is 0 Å². The molecule has 0 bridgehead atoms. The van der Waals surface area contributed by atoms with Crippen molar-refractivity contribution in [1.82, 2.24) is 14.9 Å². The summed E-state index contributed by atoms with van der Waals surface area (Å²) in [4.78, 5) is 4.34. The Bertz CT molecular complexity index is 541. The third kappa shape index (κ3) is 2.46. The van der Waals surface area contributed by atoms with Crippen molar-refractivity contribution in [3.8, 4) is 5.69 Å². The van der Waals surface area contributed by atoms with E-state index < -0.39 is 0 Å². The van der Waals surface area contributed by atoms with Crippen molar-refractivity contribution >= 4 is 0 Å². The Hall–Kier alpha value is -1.61. The average molecular weight is 243 g/mol. The Morgan fingerprint density at radius 3 is 2.56 bits per heavy atom. The fourth-order valence-electron chi connectivity index (χ4n) is 2.05. The van der Waals surface area contributed by atoms with Crippen LogP contribution in [0, 0.1) is 20.8 Å². The summed E-state index contributed by atoms with van der Waals surface area (Å²) >= 11 is 0. The predicted octanol–water partition coefficient (Wildman–Crippen LogP) is 2.91. The van der Waals surface area contributed by atoms with Crippen molar-refractivity contribution in [3.63, 3.8) is 0 Å². The van der Waals surface area contributed by atoms with E-state index in [1.165, 1.54) is 22.5 Å². The van der Waals surface area contributed by atoms with Crippen molar-refractivity contribution in [3.05, 3.63) is 47.0 Å². The highest BCUT2D eigenvalue weighted by Gasteiger charge is 2.06. The second-order valence-electron chi connectivity index (χ2n) is 4.68. The van der Waals surface area contributed by atoms with Crippen molar-refractivity contribution in [2.75, 3.05) is 6.54 Å². The number of rotatable bonds is 4. The molecule has 0 saturated heterocycles. The summed E-state index contributed by atoms with van der Waals surface area (Å²) in [5, 5.41) is 3.36. The van der Waals surface area contributed by atoms with Crippen LogP contribution in [0.5, 0.6) is 0 Å². The molecule has 1 aromatic heterocycles. The summed E-state index contributed by atoms with van der Waals surface area (Å²) in [7, 11) is 0. The molecule has 2 aromatic rings. The summed E-state index contributed by atoms with van der Waals surface area (Å²) in [6.45, 7) is 10.4. The number of nitrogens with zero attached hydrogens (tertiary/aromatic N) is 2. The lowest BCUT2D eigenvalue weighted by Gasteiger charge is -2.11. The van der Waals surface area contributed by atoms with Crippen LogP contribution in [0.25, 0.3) is 5.69 Å². The topological polar surface area (TPSA) is 29.9 Å². The summed E-state index contributed by atoms with van der Waals surface area (Å²) in [6.07, 6.45) is 1.89. The number of aryl methyl sites for hydroxylation is 2. The normalized spacial score (nSPS) is 10.9. The molecule has 3 heteroatoms. The van der Waals surface area contributed by atoms with Crippen molar-refractivity contribution < 1.29 is 0 Å². The molecule has 0 radical (unpaired) electrons. The maximum atomic E-state index is 4.34. The van der Waals surface area contributed by atoms with Crippen LogP contribution in [-0.4, -0.2) is 16.1 Å². The van der Waals surface area contributed by atoms with E-state index in [2.05, 4.69) is 53.8 Å². The van der Waals surface area contributed by atoms with Gasteiger partial charge in [0.15, 0.2) is 0 Å². The molecule has 0 atom stereocenters. The van der Waals surface area contributed by atoms with Crippen molar-refractivity contribution in [2.45, 2.75) is 34.2 Å². The van der Waals surface area contributed by atoms with Gasteiger partial charge in [-0.25, -0.2) is 4.98 Å². The van der Waals surface area contributed by atoms with E-state index in [0.29, 0.717) is 0 Å². The molecule has 0 amide bonds. The number of hydrogen-bond acceptors (Lipinski definition) is 2. The summed E-state index contributed by atoms with van der Waals surface area (Å²) in [5.74, 6) is 0. The molecule has 0 saturated carbocycles. The molecular formula is C15H21N3. The lowest BCUT2D eigenvalue weighted by Crippen LogP contribution is -2.12. The third-order valence-corrected chi connectivity index (χ3v) is 3.42. The molecule has 0 aliphatic rings. The molecule has 1 N–H and O–H groups in total. The van der Waals surface area contributed by atoms with Crippen molar-refractivity contribution in [1.29, 1.82) is 0 Å². The van der Waals surface area contributed by atoms with Gasteiger partial charge in [-0.05, 0) is 50.6 Å². The minimum absolute atomic E-state index is 0.935. The van der Waals surface area contributed by atoms with Gasteiger partial charge in [-0.2, -0.15) is 0 Å². The van der Waals surface area contributed by atoms with Crippen LogP contribution in [0.15, 0.2) is 24.5 Å². The van der Waals surface area contributed by atoms with Crippen LogP contribution in [0.2, 0.25) is 0 Å². The first-order chi connectivity index (χ1) is 8.63. The van der Waals surface area contributed by atoms with Gasteiger partial charge < -0.3 is 9.88 Å². The molecule has 1 heterocycles. The highest BCUT2D eigenvalue weighted by molar-refractivity contribution is 5.41. The molecule has 1 aromatic carbocycles. The predicted molar refractivity (Wildman–Crippen MR) is 75.2 cm³/mol. The van der Waals surface area contributed by atoms with Gasteiger partial charge in [0.2, 0.25) is 0 Å². The standard InChI is InChI=1S/C15H21N3/c1-5-16-9-14-6-7-15(8-11(14)2)18-10-17-12(3)13(18)4/h6-8,10,16H,5,9H2,1-4H3. The summed E-state index contributed by atoms with van der Waals surface area (Å²) in [5.41, 5.74) is 6.15. The Balaban J connectivity index is 2.31. The minimum atomic E-state index is 0.935. The first-order valence-electron chi connectivity index (χ1n) is 6.44. The zero-order valence-electron chi connectivity index (χ0n) is 11.6. The monoisotopic (exact) mass is 243 g/mol. The summed E-state index contributed by atoms with van der Waals surface area (Å²) in [6, 6.07) is 6.58. The zero-order chi connectivity index (χ0) is 13.1. The maximum Gasteiger partial charge on any atom is 0.0997 e. The molecule has 0 unspecified atom stereocenters. The molecule has 18 heavy (non-hydrogen) atoms. The molecule has 0 aliphatic carbocycles. The van der Waals surface area contributed by atoms with Crippen LogP contribution < -0.4 is 5.32 Å². The van der Waals surface area contributed by atoms with Gasteiger partial charge in [0, 0.05) is 17.9 Å². The third-order valence-electron chi connectivity index (χ3n) is 3.42. The lowest BCUT2D eigenvalue weighted by atomic mass is 10.1. The van der Waals surface area contributed by atoms with E-state index in [1.807, 2.05) is 13.3 Å². The van der Waals surface area contributed by atoms with Gasteiger partial charge in [-0.3, -0.25) is 0 Å². The molecule has 96 valence electrons. The molecule has 0 aliphatic heterocycles. The highest BCUT2D eigenvalue weighted by Crippen LogP contribution is 2.17. The quantitative estimate of drug-likeness (QED) is 0.895. The number of nitrogens with one attached hydrogen (secondary N) is 1. The van der Waals surface area contributed by atoms with Crippen molar-refractivity contribution in [2.24, 2.45) is 0 Å². The fourth-order valence-corrected chi connectivity index (χ4v) is 2.05. The Kier molecular flexibility index (Phi) is 3.82. The second-order valence-corrected chi connectivity index (χ2v) is 4.68. The van der Waals surface area contributed by atoms with E-state index in [1.54, 1.807) is 0 Å². The number of hydrogen-bond donors (Lipinski definition) is 1. The van der Waals surface area contributed by atoms with Gasteiger partial charge in [-0.1, -0.05) is 13.0 Å². The van der Waals surface area contributed by atoms with Gasteiger partial charge >= 0.3 is 0 Å². The van der Waals surface area contributed by atoms with Gasteiger partial charge in [0.05, 0.1) is 12.0 Å².